The van der Waals surface area contributed by atoms with Crippen molar-refractivity contribution >= 4 is 5.91 Å². The van der Waals surface area contributed by atoms with Gasteiger partial charge in [-0.2, -0.15) is 0 Å². The van der Waals surface area contributed by atoms with Gasteiger partial charge < -0.3 is 19.7 Å². The number of aromatic nitrogens is 2. The summed E-state index contributed by atoms with van der Waals surface area (Å²) in [4.78, 5) is 21.7. The number of aromatic amines is 1. The topological polar surface area (TPSA) is 78.4 Å². The number of aliphatic hydroxyl groups is 1. The molecule has 0 aliphatic rings. The molecule has 1 amide bonds. The Hall–Kier alpha value is -2.34. The van der Waals surface area contributed by atoms with Gasteiger partial charge in [-0.3, -0.25) is 4.79 Å². The summed E-state index contributed by atoms with van der Waals surface area (Å²) in [6.07, 6.45) is 2.47. The van der Waals surface area contributed by atoms with Crippen LogP contribution in [0.1, 0.15) is 35.1 Å². The zero-order chi connectivity index (χ0) is 16.7. The lowest BCUT2D eigenvalue weighted by atomic mass is 10.1. The Morgan fingerprint density at radius 3 is 2.83 bits per heavy atom. The van der Waals surface area contributed by atoms with E-state index in [-0.39, 0.29) is 19.1 Å². The molecule has 124 valence electrons. The fraction of sp³-hybridized carbons (Fsp3) is 0.412. The molecule has 6 heteroatoms. The number of hydrogen-bond donors (Lipinski definition) is 2. The number of aryl methyl sites for hydroxylation is 1. The highest BCUT2D eigenvalue weighted by molar-refractivity contribution is 5.96. The van der Waals surface area contributed by atoms with Crippen LogP contribution < -0.4 is 4.74 Å². The molecule has 0 radical (unpaired) electrons. The van der Waals surface area contributed by atoms with Crippen molar-refractivity contribution in [3.63, 3.8) is 0 Å². The second-order valence-corrected chi connectivity index (χ2v) is 5.27. The van der Waals surface area contributed by atoms with E-state index >= 15 is 0 Å². The summed E-state index contributed by atoms with van der Waals surface area (Å²) in [6.45, 7) is 4.96. The van der Waals surface area contributed by atoms with E-state index in [4.69, 9.17) is 4.74 Å². The lowest BCUT2D eigenvalue weighted by Gasteiger charge is -2.22. The Morgan fingerprint density at radius 2 is 2.17 bits per heavy atom. The smallest absolute Gasteiger partial charge is 0.258 e. The maximum absolute atomic E-state index is 12.9. The largest absolute Gasteiger partial charge is 0.493 e. The summed E-state index contributed by atoms with van der Waals surface area (Å²) in [7, 11) is 0. The minimum atomic E-state index is -0.173. The van der Waals surface area contributed by atoms with E-state index in [2.05, 4.69) is 9.97 Å². The van der Waals surface area contributed by atoms with Crippen molar-refractivity contribution in [1.29, 1.82) is 0 Å². The highest BCUT2D eigenvalue weighted by Gasteiger charge is 2.20. The van der Waals surface area contributed by atoms with Crippen LogP contribution in [0.4, 0.5) is 0 Å². The van der Waals surface area contributed by atoms with Crippen LogP contribution in [-0.4, -0.2) is 45.6 Å². The lowest BCUT2D eigenvalue weighted by Crippen LogP contribution is -2.33. The summed E-state index contributed by atoms with van der Waals surface area (Å²) < 4.78 is 5.66. The van der Waals surface area contributed by atoms with Gasteiger partial charge in [-0.1, -0.05) is 19.1 Å². The minimum absolute atomic E-state index is 0.104. The van der Waals surface area contributed by atoms with Gasteiger partial charge in [-0.25, -0.2) is 4.98 Å². The van der Waals surface area contributed by atoms with Crippen molar-refractivity contribution in [2.75, 3.05) is 19.8 Å². The summed E-state index contributed by atoms with van der Waals surface area (Å²) in [5.41, 5.74) is 2.21. The standard InChI is InChI=1S/C17H23N3O3/c1-3-10-23-16-7-5-4-6-14(16)17(22)20(8-9-21)11-15-13(2)18-12-19-15/h4-7,12,21H,3,8-11H2,1-2H3,(H,18,19). The molecule has 23 heavy (non-hydrogen) atoms. The molecule has 0 bridgehead atoms. The molecule has 1 aromatic carbocycles. The van der Waals surface area contributed by atoms with Crippen molar-refractivity contribution in [3.8, 4) is 5.75 Å². The number of nitrogens with one attached hydrogen (secondary N) is 1. The predicted molar refractivity (Wildman–Crippen MR) is 87.4 cm³/mol. The van der Waals surface area contributed by atoms with Crippen molar-refractivity contribution in [2.45, 2.75) is 26.8 Å². The molecule has 0 unspecified atom stereocenters. The molecule has 0 aliphatic heterocycles. The van der Waals surface area contributed by atoms with E-state index in [0.29, 0.717) is 24.5 Å². The normalized spacial score (nSPS) is 10.6. The van der Waals surface area contributed by atoms with Crippen molar-refractivity contribution < 1.29 is 14.6 Å². The van der Waals surface area contributed by atoms with E-state index in [9.17, 15) is 9.90 Å². The van der Waals surface area contributed by atoms with Crippen molar-refractivity contribution in [1.82, 2.24) is 14.9 Å². The molecule has 0 spiro atoms. The summed E-state index contributed by atoms with van der Waals surface area (Å²) in [5.74, 6) is 0.397. The predicted octanol–water partition coefficient (Wildman–Crippen LogP) is 2.14. The van der Waals surface area contributed by atoms with Gasteiger partial charge >= 0.3 is 0 Å². The van der Waals surface area contributed by atoms with Crippen molar-refractivity contribution in [3.05, 3.63) is 47.5 Å². The van der Waals surface area contributed by atoms with Crippen LogP contribution in [0.25, 0.3) is 0 Å². The Labute approximate surface area is 136 Å². The van der Waals surface area contributed by atoms with Crippen LogP contribution in [0.5, 0.6) is 5.75 Å². The van der Waals surface area contributed by atoms with Crippen LogP contribution in [0.2, 0.25) is 0 Å². The lowest BCUT2D eigenvalue weighted by molar-refractivity contribution is 0.0701. The average Bonchev–Trinajstić information content (AvgIpc) is 2.97. The molecule has 1 heterocycles. The first-order valence-electron chi connectivity index (χ1n) is 7.78. The summed E-state index contributed by atoms with van der Waals surface area (Å²) in [5, 5.41) is 9.29. The maximum atomic E-state index is 12.9. The number of carbonyl (C=O) groups excluding carboxylic acids is 1. The number of aliphatic hydroxyl groups excluding tert-OH is 1. The number of amides is 1. The maximum Gasteiger partial charge on any atom is 0.258 e. The molecule has 0 aliphatic carbocycles. The first kappa shape index (κ1) is 17.0. The van der Waals surface area contributed by atoms with Gasteiger partial charge in [-0.15, -0.1) is 0 Å². The monoisotopic (exact) mass is 317 g/mol. The number of hydrogen-bond acceptors (Lipinski definition) is 4. The zero-order valence-electron chi connectivity index (χ0n) is 13.6. The van der Waals surface area contributed by atoms with Crippen LogP contribution in [0.15, 0.2) is 30.6 Å². The SMILES string of the molecule is CCCOc1ccccc1C(=O)N(CCO)Cc1nc[nH]c1C. The number of ether oxygens (including phenoxy) is 1. The third kappa shape index (κ3) is 4.32. The number of rotatable bonds is 8. The second kappa shape index (κ2) is 8.33. The van der Waals surface area contributed by atoms with Crippen LogP contribution >= 0.6 is 0 Å². The van der Waals surface area contributed by atoms with E-state index in [1.807, 2.05) is 26.0 Å². The van der Waals surface area contributed by atoms with Gasteiger partial charge in [0, 0.05) is 12.2 Å². The number of para-hydroxylation sites is 1. The first-order valence-corrected chi connectivity index (χ1v) is 7.78. The van der Waals surface area contributed by atoms with Gasteiger partial charge in [-0.05, 0) is 25.5 Å². The van der Waals surface area contributed by atoms with Crippen LogP contribution in [0.3, 0.4) is 0 Å². The van der Waals surface area contributed by atoms with Crippen LogP contribution in [-0.2, 0) is 6.54 Å². The third-order valence-corrected chi connectivity index (χ3v) is 3.51. The highest BCUT2D eigenvalue weighted by atomic mass is 16.5. The second-order valence-electron chi connectivity index (χ2n) is 5.27. The van der Waals surface area contributed by atoms with Crippen molar-refractivity contribution in [2.24, 2.45) is 0 Å². The van der Waals surface area contributed by atoms with Crippen LogP contribution in [0, 0.1) is 6.92 Å². The van der Waals surface area contributed by atoms with E-state index < -0.39 is 0 Å². The molecule has 0 saturated carbocycles. The van der Waals surface area contributed by atoms with Gasteiger partial charge in [0.25, 0.3) is 5.91 Å². The van der Waals surface area contributed by atoms with E-state index in [1.54, 1.807) is 23.4 Å². The molecule has 0 fully saturated rings. The number of nitrogens with zero attached hydrogens (tertiary/aromatic N) is 2. The van der Waals surface area contributed by atoms with Gasteiger partial charge in [0.15, 0.2) is 0 Å². The Morgan fingerprint density at radius 1 is 1.39 bits per heavy atom. The third-order valence-electron chi connectivity index (χ3n) is 3.51. The van der Waals surface area contributed by atoms with Gasteiger partial charge in [0.05, 0.1) is 37.3 Å². The quantitative estimate of drug-likeness (QED) is 0.782. The zero-order valence-corrected chi connectivity index (χ0v) is 13.6. The molecule has 1 aromatic heterocycles. The fourth-order valence-corrected chi connectivity index (χ4v) is 2.25. The van der Waals surface area contributed by atoms with E-state index in [1.165, 1.54) is 0 Å². The minimum Gasteiger partial charge on any atom is -0.493 e. The fourth-order valence-electron chi connectivity index (χ4n) is 2.25. The molecular formula is C17H23N3O3. The van der Waals surface area contributed by atoms with Gasteiger partial charge in [0.1, 0.15) is 5.75 Å². The summed E-state index contributed by atoms with van der Waals surface area (Å²) >= 11 is 0. The summed E-state index contributed by atoms with van der Waals surface area (Å²) in [6, 6.07) is 7.19. The first-order chi connectivity index (χ1) is 11.2. The molecule has 2 N–H and O–H groups in total. The number of imidazole rings is 1. The molecule has 6 nitrogen and oxygen atoms in total. The highest BCUT2D eigenvalue weighted by Crippen LogP contribution is 2.21. The average molecular weight is 317 g/mol. The molecular weight excluding hydrogens is 294 g/mol. The molecule has 2 rings (SSSR count). The Balaban J connectivity index is 2.22. The molecule has 2 aromatic rings. The van der Waals surface area contributed by atoms with E-state index in [0.717, 1.165) is 17.8 Å². The molecule has 0 atom stereocenters. The number of H-pyrrole nitrogens is 1. The number of carbonyl (C=O) groups is 1. The Kier molecular flexibility index (Phi) is 6.17. The Bertz CT molecular complexity index is 640. The number of benzene rings is 1. The molecule has 0 saturated heterocycles. The van der Waals surface area contributed by atoms with Gasteiger partial charge in [0.2, 0.25) is 0 Å².